The molecule has 2 atom stereocenters. The predicted molar refractivity (Wildman–Crippen MR) is 167 cm³/mol. The topological polar surface area (TPSA) is 151 Å². The highest BCUT2D eigenvalue weighted by atomic mass is 32.2. The number of nitrogens with one attached hydrogen (secondary N) is 1. The lowest BCUT2D eigenvalue weighted by molar-refractivity contribution is -0.137. The molecule has 0 bridgehead atoms. The van der Waals surface area contributed by atoms with Gasteiger partial charge in [-0.3, -0.25) is 14.4 Å². The van der Waals surface area contributed by atoms with Crippen LogP contribution in [-0.4, -0.2) is 90.2 Å². The van der Waals surface area contributed by atoms with Gasteiger partial charge in [0.25, 0.3) is 0 Å². The van der Waals surface area contributed by atoms with E-state index in [0.717, 1.165) is 42.8 Å². The van der Waals surface area contributed by atoms with Crippen molar-refractivity contribution in [3.05, 3.63) is 29.8 Å². The van der Waals surface area contributed by atoms with E-state index in [1.165, 1.54) is 24.2 Å². The summed E-state index contributed by atoms with van der Waals surface area (Å²) in [6.07, 6.45) is 7.27. The molecule has 10 nitrogen and oxygen atoms in total. The van der Waals surface area contributed by atoms with Crippen LogP contribution in [0.1, 0.15) is 70.8 Å². The number of hydrogen-bond donors (Lipinski definition) is 4. The molecule has 0 aliphatic heterocycles. The molecule has 0 radical (unpaired) electrons. The van der Waals surface area contributed by atoms with Crippen molar-refractivity contribution in [1.29, 1.82) is 0 Å². The Morgan fingerprint density at radius 1 is 1.00 bits per heavy atom. The van der Waals surface area contributed by atoms with Crippen molar-refractivity contribution in [3.63, 3.8) is 0 Å². The Labute approximate surface area is 251 Å². The third-order valence-corrected chi connectivity index (χ3v) is 9.00. The first-order valence-corrected chi connectivity index (χ1v) is 16.0. The maximum absolute atomic E-state index is 13.6. The molecule has 1 fully saturated rings. The zero-order valence-electron chi connectivity index (χ0n) is 25.4. The van der Waals surface area contributed by atoms with E-state index in [1.807, 2.05) is 12.1 Å². The van der Waals surface area contributed by atoms with Crippen LogP contribution in [0, 0.1) is 5.92 Å². The van der Waals surface area contributed by atoms with Crippen LogP contribution in [0.25, 0.3) is 0 Å². The number of benzene rings is 1. The standard InChI is InChI=1S/C30H53N7O3S/c1-4-37(5-2)41-25-14-11-24(12-15-25)22-35(3)30(40)27(16-13-23-9-7-6-8-10-23)34-29(39)26(33)21-28(38)36(19-17-31)20-18-32/h11-12,14-15,23,26-27H,4-10,13,16-22,31-33H2,1-3H3,(H,34,39)/t26-,27-/m0/s1. The highest BCUT2D eigenvalue weighted by Crippen LogP contribution is 2.28. The number of likely N-dealkylation sites (N-methyl/N-ethyl adjacent to an activating group) is 1. The van der Waals surface area contributed by atoms with Gasteiger partial charge in [0.15, 0.2) is 0 Å². The first kappa shape index (κ1) is 35.0. The van der Waals surface area contributed by atoms with E-state index < -0.39 is 18.0 Å². The van der Waals surface area contributed by atoms with Crippen molar-refractivity contribution < 1.29 is 14.4 Å². The van der Waals surface area contributed by atoms with Gasteiger partial charge in [0.1, 0.15) is 6.04 Å². The van der Waals surface area contributed by atoms with Gasteiger partial charge in [-0.1, -0.05) is 58.1 Å². The molecule has 1 aromatic rings. The van der Waals surface area contributed by atoms with Crippen LogP contribution < -0.4 is 22.5 Å². The molecular weight excluding hydrogens is 538 g/mol. The number of nitrogens with zero attached hydrogens (tertiary/aromatic N) is 3. The van der Waals surface area contributed by atoms with Crippen molar-refractivity contribution in [1.82, 2.24) is 19.4 Å². The molecule has 1 aromatic carbocycles. The van der Waals surface area contributed by atoms with Crippen molar-refractivity contribution in [3.8, 4) is 0 Å². The van der Waals surface area contributed by atoms with Gasteiger partial charge in [-0.15, -0.1) is 0 Å². The molecule has 0 aromatic heterocycles. The quantitative estimate of drug-likeness (QED) is 0.190. The lowest BCUT2D eigenvalue weighted by Gasteiger charge is -2.28. The van der Waals surface area contributed by atoms with Crippen molar-refractivity contribution in [2.24, 2.45) is 23.1 Å². The third kappa shape index (κ3) is 12.3. The second-order valence-electron chi connectivity index (χ2n) is 11.0. The summed E-state index contributed by atoms with van der Waals surface area (Å²) < 4.78 is 2.27. The van der Waals surface area contributed by atoms with E-state index in [9.17, 15) is 14.4 Å². The average Bonchev–Trinajstić information content (AvgIpc) is 2.98. The Morgan fingerprint density at radius 2 is 1.61 bits per heavy atom. The number of hydrogen-bond acceptors (Lipinski definition) is 8. The number of rotatable bonds is 18. The summed E-state index contributed by atoms with van der Waals surface area (Å²) in [4.78, 5) is 43.8. The normalized spacial score (nSPS) is 15.4. The fourth-order valence-electron chi connectivity index (χ4n) is 5.27. The summed E-state index contributed by atoms with van der Waals surface area (Å²) in [7, 11) is 1.77. The maximum atomic E-state index is 13.6. The highest BCUT2D eigenvalue weighted by Gasteiger charge is 2.29. The summed E-state index contributed by atoms with van der Waals surface area (Å²) in [6.45, 7) is 7.94. The molecule has 1 aliphatic rings. The lowest BCUT2D eigenvalue weighted by atomic mass is 9.85. The zero-order valence-corrected chi connectivity index (χ0v) is 26.2. The molecule has 0 unspecified atom stereocenters. The molecule has 232 valence electrons. The second-order valence-corrected chi connectivity index (χ2v) is 12.1. The van der Waals surface area contributed by atoms with Crippen LogP contribution in [-0.2, 0) is 20.9 Å². The second kappa shape index (κ2) is 19.1. The molecule has 0 heterocycles. The number of nitrogens with two attached hydrogens (primary N) is 3. The summed E-state index contributed by atoms with van der Waals surface area (Å²) in [5.41, 5.74) is 18.4. The number of carbonyl (C=O) groups is 3. The van der Waals surface area contributed by atoms with E-state index >= 15 is 0 Å². The molecule has 1 saturated carbocycles. The minimum Gasteiger partial charge on any atom is -0.343 e. The summed E-state index contributed by atoms with van der Waals surface area (Å²) >= 11 is 1.72. The molecule has 2 rings (SSSR count). The largest absolute Gasteiger partial charge is 0.343 e. The SMILES string of the molecule is CCN(CC)Sc1ccc(CN(C)C(=O)[C@H](CCC2CCCCC2)NC(=O)[C@@H](N)CC(=O)N(CCN)CCN)cc1. The first-order chi connectivity index (χ1) is 19.7. The molecule has 3 amide bonds. The van der Waals surface area contributed by atoms with Crippen LogP contribution in [0.2, 0.25) is 0 Å². The van der Waals surface area contributed by atoms with E-state index in [0.29, 0.717) is 45.1 Å². The molecule has 7 N–H and O–H groups in total. The Hall–Kier alpha value is -2.18. The van der Waals surface area contributed by atoms with Crippen LogP contribution in [0.3, 0.4) is 0 Å². The van der Waals surface area contributed by atoms with Gasteiger partial charge in [-0.2, -0.15) is 0 Å². The average molecular weight is 592 g/mol. The van der Waals surface area contributed by atoms with E-state index in [1.54, 1.807) is 23.9 Å². The van der Waals surface area contributed by atoms with E-state index in [2.05, 4.69) is 35.6 Å². The van der Waals surface area contributed by atoms with Gasteiger partial charge in [-0.05, 0) is 48.4 Å². The Balaban J connectivity index is 2.05. The third-order valence-electron chi connectivity index (χ3n) is 7.74. The van der Waals surface area contributed by atoms with Gasteiger partial charge in [-0.25, -0.2) is 4.31 Å². The van der Waals surface area contributed by atoms with Crippen molar-refractivity contribution >= 4 is 29.7 Å². The lowest BCUT2D eigenvalue weighted by Crippen LogP contribution is -2.53. The van der Waals surface area contributed by atoms with Gasteiger partial charge >= 0.3 is 0 Å². The molecule has 11 heteroatoms. The molecule has 0 spiro atoms. The number of carbonyl (C=O) groups excluding carboxylic acids is 3. The first-order valence-electron chi connectivity index (χ1n) is 15.2. The monoisotopic (exact) mass is 591 g/mol. The maximum Gasteiger partial charge on any atom is 0.245 e. The highest BCUT2D eigenvalue weighted by molar-refractivity contribution is 7.97. The van der Waals surface area contributed by atoms with Gasteiger partial charge in [0.2, 0.25) is 17.7 Å². The smallest absolute Gasteiger partial charge is 0.245 e. The predicted octanol–water partition coefficient (Wildman–Crippen LogP) is 2.30. The Bertz CT molecular complexity index is 917. The number of amides is 3. The van der Waals surface area contributed by atoms with Crippen LogP contribution in [0.4, 0.5) is 0 Å². The summed E-state index contributed by atoms with van der Waals surface area (Å²) in [5, 5.41) is 2.89. The molecule has 1 aliphatic carbocycles. The zero-order chi connectivity index (χ0) is 30.2. The van der Waals surface area contributed by atoms with Crippen molar-refractivity contribution in [2.45, 2.75) is 88.7 Å². The van der Waals surface area contributed by atoms with E-state index in [4.69, 9.17) is 17.2 Å². The van der Waals surface area contributed by atoms with Crippen LogP contribution >= 0.6 is 11.9 Å². The fraction of sp³-hybridized carbons (Fsp3) is 0.700. The Kier molecular flexibility index (Phi) is 16.3. The van der Waals surface area contributed by atoms with E-state index in [-0.39, 0.29) is 18.2 Å². The van der Waals surface area contributed by atoms with Crippen molar-refractivity contribution in [2.75, 3.05) is 46.3 Å². The Morgan fingerprint density at radius 3 is 2.17 bits per heavy atom. The molecule has 0 saturated heterocycles. The fourth-order valence-corrected chi connectivity index (χ4v) is 6.09. The van der Waals surface area contributed by atoms with Crippen LogP contribution in [0.5, 0.6) is 0 Å². The van der Waals surface area contributed by atoms with Crippen LogP contribution in [0.15, 0.2) is 29.2 Å². The summed E-state index contributed by atoms with van der Waals surface area (Å²) in [5.74, 6) is -0.351. The minimum absolute atomic E-state index is 0.151. The van der Waals surface area contributed by atoms with Gasteiger partial charge in [0.05, 0.1) is 12.5 Å². The van der Waals surface area contributed by atoms with Gasteiger partial charge < -0.3 is 32.3 Å². The molecular formula is C30H53N7O3S. The van der Waals surface area contributed by atoms with Gasteiger partial charge in [0, 0.05) is 57.8 Å². The summed E-state index contributed by atoms with van der Waals surface area (Å²) in [6, 6.07) is 6.48. The molecule has 41 heavy (non-hydrogen) atoms. The minimum atomic E-state index is -1.06.